The zero-order chi connectivity index (χ0) is 19.4. The molecule has 1 N–H and O–H groups in total. The van der Waals surface area contributed by atoms with Gasteiger partial charge in [-0.3, -0.25) is 4.79 Å². The Hall–Kier alpha value is -2.25. The molecule has 1 amide bonds. The third-order valence-corrected chi connectivity index (χ3v) is 6.74. The van der Waals surface area contributed by atoms with Gasteiger partial charge in [-0.1, -0.05) is 30.7 Å². The third kappa shape index (κ3) is 4.36. The summed E-state index contributed by atoms with van der Waals surface area (Å²) in [4.78, 5) is 12.8. The summed E-state index contributed by atoms with van der Waals surface area (Å²) in [6, 6.07) is 11.7. The quantitative estimate of drug-likeness (QED) is 0.850. The lowest BCUT2D eigenvalue weighted by Crippen LogP contribution is -2.37. The van der Waals surface area contributed by atoms with E-state index in [0.717, 1.165) is 24.8 Å². The monoisotopic (exact) mass is 390 g/mol. The topological polar surface area (TPSA) is 66.5 Å². The molecule has 27 heavy (non-hydrogen) atoms. The highest BCUT2D eigenvalue weighted by Crippen LogP contribution is 2.24. The van der Waals surface area contributed by atoms with Crippen molar-refractivity contribution in [3.63, 3.8) is 0 Å². The van der Waals surface area contributed by atoms with Crippen LogP contribution in [-0.2, 0) is 10.0 Å². The number of amides is 1. The molecule has 5 nitrogen and oxygen atoms in total. The van der Waals surface area contributed by atoms with E-state index in [4.69, 9.17) is 0 Å². The van der Waals surface area contributed by atoms with Crippen LogP contribution in [0.5, 0.6) is 0 Å². The molecule has 0 saturated carbocycles. The molecule has 1 saturated heterocycles. The maximum Gasteiger partial charge on any atom is 0.253 e. The predicted octanol–water partition coefficient (Wildman–Crippen LogP) is 3.49. The van der Waals surface area contributed by atoms with Crippen molar-refractivity contribution >= 4 is 15.9 Å². The fourth-order valence-corrected chi connectivity index (χ4v) is 4.94. The molecule has 0 radical (unpaired) electrons. The Kier molecular flexibility index (Phi) is 5.92. The van der Waals surface area contributed by atoms with E-state index in [-0.39, 0.29) is 22.3 Å². The standard InChI is InChI=1S/C20H23FN2O3S/c1-15(16-9-11-17(21)12-10-16)22-20(24)18-7-3-4-8-19(18)27(25,26)23-13-5-2-6-14-23/h3-4,7-12,15H,2,5-6,13-14H2,1H3,(H,22,24). The van der Waals surface area contributed by atoms with Crippen LogP contribution in [0.2, 0.25) is 0 Å². The van der Waals surface area contributed by atoms with Gasteiger partial charge in [-0.25, -0.2) is 12.8 Å². The van der Waals surface area contributed by atoms with Crippen molar-refractivity contribution < 1.29 is 17.6 Å². The van der Waals surface area contributed by atoms with Crippen LogP contribution in [0.25, 0.3) is 0 Å². The van der Waals surface area contributed by atoms with E-state index < -0.39 is 15.9 Å². The van der Waals surface area contributed by atoms with Gasteiger partial charge in [0.2, 0.25) is 10.0 Å². The van der Waals surface area contributed by atoms with Crippen molar-refractivity contribution in [3.8, 4) is 0 Å². The molecule has 1 aliphatic rings. The minimum Gasteiger partial charge on any atom is -0.345 e. The van der Waals surface area contributed by atoms with Crippen LogP contribution >= 0.6 is 0 Å². The first kappa shape index (κ1) is 19.5. The average Bonchev–Trinajstić information content (AvgIpc) is 2.69. The number of sulfonamides is 1. The lowest BCUT2D eigenvalue weighted by atomic mass is 10.1. The van der Waals surface area contributed by atoms with Crippen molar-refractivity contribution in [2.24, 2.45) is 0 Å². The molecule has 2 aromatic rings. The van der Waals surface area contributed by atoms with Crippen molar-refractivity contribution in [1.82, 2.24) is 9.62 Å². The van der Waals surface area contributed by atoms with E-state index >= 15 is 0 Å². The molecule has 1 unspecified atom stereocenters. The number of hydrogen-bond acceptors (Lipinski definition) is 3. The van der Waals surface area contributed by atoms with Gasteiger partial charge in [0.1, 0.15) is 5.82 Å². The SMILES string of the molecule is CC(NC(=O)c1ccccc1S(=O)(=O)N1CCCCC1)c1ccc(F)cc1. The van der Waals surface area contributed by atoms with Crippen LogP contribution in [0, 0.1) is 5.82 Å². The van der Waals surface area contributed by atoms with Crippen LogP contribution < -0.4 is 5.32 Å². The molecule has 7 heteroatoms. The van der Waals surface area contributed by atoms with E-state index in [9.17, 15) is 17.6 Å². The molecule has 1 fully saturated rings. The van der Waals surface area contributed by atoms with E-state index in [1.807, 2.05) is 0 Å². The fraction of sp³-hybridized carbons (Fsp3) is 0.350. The normalized spacial score (nSPS) is 16.7. The highest BCUT2D eigenvalue weighted by Gasteiger charge is 2.30. The van der Waals surface area contributed by atoms with Crippen molar-refractivity contribution in [1.29, 1.82) is 0 Å². The van der Waals surface area contributed by atoms with E-state index in [1.54, 1.807) is 31.2 Å². The zero-order valence-corrected chi connectivity index (χ0v) is 16.0. The first-order valence-corrected chi connectivity index (χ1v) is 10.5. The van der Waals surface area contributed by atoms with Crippen LogP contribution in [0.3, 0.4) is 0 Å². The lowest BCUT2D eigenvalue weighted by molar-refractivity contribution is 0.0936. The Balaban J connectivity index is 1.84. The first-order chi connectivity index (χ1) is 12.9. The predicted molar refractivity (Wildman–Crippen MR) is 101 cm³/mol. The van der Waals surface area contributed by atoms with Crippen molar-refractivity contribution in [2.75, 3.05) is 13.1 Å². The second-order valence-electron chi connectivity index (χ2n) is 6.71. The number of nitrogens with one attached hydrogen (secondary N) is 1. The van der Waals surface area contributed by atoms with Gasteiger partial charge in [-0.2, -0.15) is 4.31 Å². The van der Waals surface area contributed by atoms with Gasteiger partial charge in [0.15, 0.2) is 0 Å². The molecule has 0 bridgehead atoms. The Morgan fingerprint density at radius 1 is 1.04 bits per heavy atom. The number of halogens is 1. The summed E-state index contributed by atoms with van der Waals surface area (Å²) in [5.74, 6) is -0.821. The summed E-state index contributed by atoms with van der Waals surface area (Å²) in [5, 5.41) is 2.80. The summed E-state index contributed by atoms with van der Waals surface area (Å²) < 4.78 is 40.6. The van der Waals surface area contributed by atoms with Crippen LogP contribution in [0.15, 0.2) is 53.4 Å². The maximum absolute atomic E-state index is 13.1. The minimum absolute atomic E-state index is 0.0238. The Bertz CT molecular complexity index is 907. The smallest absolute Gasteiger partial charge is 0.253 e. The number of hydrogen-bond donors (Lipinski definition) is 1. The van der Waals surface area contributed by atoms with Gasteiger partial charge >= 0.3 is 0 Å². The minimum atomic E-state index is -3.72. The molecule has 144 valence electrons. The summed E-state index contributed by atoms with van der Waals surface area (Å²) in [6.07, 6.45) is 2.67. The number of nitrogens with zero attached hydrogens (tertiary/aromatic N) is 1. The highest BCUT2D eigenvalue weighted by molar-refractivity contribution is 7.89. The molecule has 0 aliphatic carbocycles. The Morgan fingerprint density at radius 3 is 2.33 bits per heavy atom. The molecule has 2 aromatic carbocycles. The van der Waals surface area contributed by atoms with Gasteiger partial charge in [0.25, 0.3) is 5.91 Å². The van der Waals surface area contributed by atoms with E-state index in [0.29, 0.717) is 13.1 Å². The summed E-state index contributed by atoms with van der Waals surface area (Å²) in [6.45, 7) is 2.72. The van der Waals surface area contributed by atoms with E-state index in [2.05, 4.69) is 5.32 Å². The highest BCUT2D eigenvalue weighted by atomic mass is 32.2. The van der Waals surface area contributed by atoms with Crippen molar-refractivity contribution in [3.05, 3.63) is 65.5 Å². The first-order valence-electron chi connectivity index (χ1n) is 9.05. The number of rotatable bonds is 5. The van der Waals surface area contributed by atoms with E-state index in [1.165, 1.54) is 28.6 Å². The van der Waals surface area contributed by atoms with Crippen LogP contribution in [0.4, 0.5) is 4.39 Å². The Morgan fingerprint density at radius 2 is 1.67 bits per heavy atom. The third-order valence-electron chi connectivity index (χ3n) is 4.78. The van der Waals surface area contributed by atoms with Gasteiger partial charge < -0.3 is 5.32 Å². The number of carbonyl (C=O) groups excluding carboxylic acids is 1. The Labute approximate surface area is 159 Å². The van der Waals surface area contributed by atoms with Gasteiger partial charge in [-0.15, -0.1) is 0 Å². The fourth-order valence-electron chi connectivity index (χ4n) is 3.23. The molecule has 1 aliphatic heterocycles. The molecule has 1 heterocycles. The summed E-state index contributed by atoms with van der Waals surface area (Å²) in [5.41, 5.74) is 0.859. The number of benzene rings is 2. The van der Waals surface area contributed by atoms with Crippen LogP contribution in [-0.4, -0.2) is 31.7 Å². The van der Waals surface area contributed by atoms with Crippen LogP contribution in [0.1, 0.15) is 48.1 Å². The summed E-state index contributed by atoms with van der Waals surface area (Å²) >= 11 is 0. The van der Waals surface area contributed by atoms with Gasteiger partial charge in [0.05, 0.1) is 16.5 Å². The molecular formula is C20H23FN2O3S. The van der Waals surface area contributed by atoms with Gasteiger partial charge in [0, 0.05) is 13.1 Å². The molecule has 1 atom stereocenters. The molecule has 3 rings (SSSR count). The average molecular weight is 390 g/mol. The largest absolute Gasteiger partial charge is 0.345 e. The second-order valence-corrected chi connectivity index (χ2v) is 8.61. The van der Waals surface area contributed by atoms with Crippen molar-refractivity contribution in [2.45, 2.75) is 37.1 Å². The number of carbonyl (C=O) groups is 1. The zero-order valence-electron chi connectivity index (χ0n) is 15.2. The number of piperidine rings is 1. The maximum atomic E-state index is 13.1. The molecule has 0 spiro atoms. The molecular weight excluding hydrogens is 367 g/mol. The lowest BCUT2D eigenvalue weighted by Gasteiger charge is -2.26. The molecule has 0 aromatic heterocycles. The second kappa shape index (κ2) is 8.19. The summed E-state index contributed by atoms with van der Waals surface area (Å²) in [7, 11) is -3.72. The van der Waals surface area contributed by atoms with Gasteiger partial charge in [-0.05, 0) is 49.6 Å².